The van der Waals surface area contributed by atoms with Crippen molar-refractivity contribution in [3.8, 4) is 11.4 Å². The van der Waals surface area contributed by atoms with Crippen molar-refractivity contribution in [2.75, 3.05) is 88.6 Å². The molecule has 18 nitrogen and oxygen atoms in total. The van der Waals surface area contributed by atoms with Crippen LogP contribution in [0.4, 0.5) is 20.2 Å². The van der Waals surface area contributed by atoms with E-state index in [1.807, 2.05) is 23.6 Å². The number of rotatable bonds is 18. The molecule has 0 bridgehead atoms. The maximum Gasteiger partial charge on any atom is 0.276 e. The molecule has 2 atom stereocenters. The summed E-state index contributed by atoms with van der Waals surface area (Å²) in [4.78, 5) is 30.6. The Labute approximate surface area is 385 Å². The largest absolute Gasteiger partial charge is 0.394 e. The number of hydrogen-bond donors (Lipinski definition) is 2. The molecule has 0 spiro atoms. The fraction of sp³-hybridized carbons (Fsp3) is 0.545. The van der Waals surface area contributed by atoms with Gasteiger partial charge >= 0.3 is 0 Å². The summed E-state index contributed by atoms with van der Waals surface area (Å²) in [7, 11) is -6.72. The Hall–Kier alpha value is -4.68. The van der Waals surface area contributed by atoms with E-state index >= 15 is 0 Å². The van der Waals surface area contributed by atoms with Crippen LogP contribution < -0.4 is 20.9 Å². The quantitative estimate of drug-likeness (QED) is 0.147. The third-order valence-electron chi connectivity index (χ3n) is 11.3. The van der Waals surface area contributed by atoms with Crippen molar-refractivity contribution in [2.45, 2.75) is 77.1 Å². The minimum atomic E-state index is -3.37. The van der Waals surface area contributed by atoms with Crippen LogP contribution in [0.15, 0.2) is 70.5 Å². The molecule has 2 saturated heterocycles. The molecule has 66 heavy (non-hydrogen) atoms. The first kappa shape index (κ1) is 52.3. The van der Waals surface area contributed by atoms with Gasteiger partial charge in [0.15, 0.2) is 0 Å². The molecule has 4 aromatic rings. The van der Waals surface area contributed by atoms with Crippen molar-refractivity contribution in [3.05, 3.63) is 104 Å². The van der Waals surface area contributed by atoms with Gasteiger partial charge in [0.05, 0.1) is 71.1 Å². The molecule has 4 heterocycles. The van der Waals surface area contributed by atoms with Crippen LogP contribution in [0.5, 0.6) is 0 Å². The Bertz CT molecular complexity index is 2550. The zero-order valence-corrected chi connectivity index (χ0v) is 39.9. The molecule has 0 aliphatic carbocycles. The maximum atomic E-state index is 13.6. The Morgan fingerprint density at radius 3 is 1.38 bits per heavy atom. The second-order valence-electron chi connectivity index (χ2n) is 16.3. The number of anilines is 2. The highest BCUT2D eigenvalue weighted by Gasteiger charge is 2.33. The van der Waals surface area contributed by atoms with E-state index in [9.17, 15) is 45.4 Å². The molecule has 2 fully saturated rings. The van der Waals surface area contributed by atoms with Gasteiger partial charge < -0.3 is 29.5 Å². The van der Waals surface area contributed by atoms with Gasteiger partial charge in [-0.3, -0.25) is 9.59 Å². The molecule has 2 N–H and O–H groups in total. The van der Waals surface area contributed by atoms with Crippen molar-refractivity contribution < 1.29 is 45.3 Å². The number of sulfonamides is 2. The average molecular weight is 965 g/mol. The third kappa shape index (κ3) is 12.6. The monoisotopic (exact) mass is 964 g/mol. The van der Waals surface area contributed by atoms with Gasteiger partial charge in [0.2, 0.25) is 20.0 Å². The maximum absolute atomic E-state index is 13.6. The predicted molar refractivity (Wildman–Crippen MR) is 248 cm³/mol. The fourth-order valence-electron chi connectivity index (χ4n) is 7.56. The topological polar surface area (TPSA) is 210 Å². The van der Waals surface area contributed by atoms with E-state index in [0.29, 0.717) is 93.8 Å². The summed E-state index contributed by atoms with van der Waals surface area (Å²) in [6, 6.07) is 10.8. The highest BCUT2D eigenvalue weighted by atomic mass is 32.2. The molecule has 364 valence electrons. The molecule has 2 aromatic carbocycles. The van der Waals surface area contributed by atoms with Gasteiger partial charge in [-0.1, -0.05) is 0 Å². The van der Waals surface area contributed by atoms with Gasteiger partial charge in [-0.25, -0.2) is 25.6 Å². The fourth-order valence-corrected chi connectivity index (χ4v) is 10.1. The van der Waals surface area contributed by atoms with Crippen LogP contribution in [0, 0.1) is 11.6 Å². The van der Waals surface area contributed by atoms with Crippen molar-refractivity contribution in [1.29, 1.82) is 0 Å². The molecular formula is C44H62F2N8O10S2. The minimum absolute atomic E-state index is 0.0983. The molecule has 22 heteroatoms. The van der Waals surface area contributed by atoms with Gasteiger partial charge in [-0.05, 0) is 90.1 Å². The van der Waals surface area contributed by atoms with E-state index in [0.717, 1.165) is 4.68 Å². The third-order valence-corrected chi connectivity index (χ3v) is 15.9. The van der Waals surface area contributed by atoms with Crippen LogP contribution in [0.25, 0.3) is 11.4 Å². The van der Waals surface area contributed by atoms with Crippen molar-refractivity contribution in [2.24, 2.45) is 0 Å². The summed E-state index contributed by atoms with van der Waals surface area (Å²) in [5.41, 5.74) is 1.89. The van der Waals surface area contributed by atoms with Crippen LogP contribution in [0.2, 0.25) is 0 Å². The van der Waals surface area contributed by atoms with Crippen LogP contribution in [-0.2, 0) is 42.4 Å². The zero-order valence-electron chi connectivity index (χ0n) is 38.3. The van der Waals surface area contributed by atoms with Gasteiger partial charge in [-0.15, -0.1) is 0 Å². The smallest absolute Gasteiger partial charge is 0.276 e. The summed E-state index contributed by atoms with van der Waals surface area (Å²) in [6.07, 6.45) is 1.83. The number of aliphatic hydroxyl groups is 2. The number of ether oxygens (including phenoxy) is 2. The first-order valence-corrected chi connectivity index (χ1v) is 25.0. The average Bonchev–Trinajstić information content (AvgIpc) is 3.30. The highest BCUT2D eigenvalue weighted by molar-refractivity contribution is 7.90. The van der Waals surface area contributed by atoms with Crippen LogP contribution in [0.3, 0.4) is 0 Å². The van der Waals surface area contributed by atoms with E-state index in [2.05, 4.69) is 10.2 Å². The summed E-state index contributed by atoms with van der Waals surface area (Å²) in [5.74, 6) is -0.848. The normalized spacial score (nSPS) is 16.4. The van der Waals surface area contributed by atoms with E-state index < -0.39 is 60.5 Å². The molecule has 2 aliphatic heterocycles. The summed E-state index contributed by atoms with van der Waals surface area (Å²) >= 11 is 0. The molecule has 0 radical (unpaired) electrons. The molecule has 0 amide bonds. The molecule has 6 rings (SSSR count). The number of aliphatic hydroxyl groups excluding tert-OH is 2. The lowest BCUT2D eigenvalue weighted by Gasteiger charge is -2.37. The first-order valence-electron chi connectivity index (χ1n) is 22.0. The van der Waals surface area contributed by atoms with E-state index in [4.69, 9.17) is 9.47 Å². The van der Waals surface area contributed by atoms with Crippen LogP contribution in [-0.4, -0.2) is 157 Å². The van der Waals surface area contributed by atoms with Crippen molar-refractivity contribution in [3.63, 3.8) is 0 Å². The molecule has 2 aromatic heterocycles. The Kier molecular flexibility index (Phi) is 18.5. The standard InChI is InChI=1S/C24H35FN4O5S.C20H27FN4O5S/c1-5-33-17-21(34-6-2)15-22-23(27-11-13-28(14-12-27)35(31,32)18(3)4)16-26-29(24(22)30)20-9-7-19(25)8-10-20;1-14(2)31(29,30)24-9-7-23(8-10-24)19-12-22-25(16-5-3-15(21)4-6-16)20(28)18(19)11-17(27)13-26/h7-10,16,18,21H,5-6,11-15,17H2,1-4H3;3-6,12,14,17,26-27H,7-11,13H2,1-2H3/t21-;17-/m00/s1. The second-order valence-corrected chi connectivity index (χ2v) is 21.3. The predicted octanol–water partition coefficient (Wildman–Crippen LogP) is 2.34. The highest BCUT2D eigenvalue weighted by Crippen LogP contribution is 2.25. The van der Waals surface area contributed by atoms with Crippen molar-refractivity contribution >= 4 is 31.4 Å². The number of hydrogen-bond acceptors (Lipinski definition) is 14. The first-order chi connectivity index (χ1) is 31.3. The summed E-state index contributed by atoms with van der Waals surface area (Å²) < 4.78 is 93.4. The van der Waals surface area contributed by atoms with Crippen LogP contribution >= 0.6 is 0 Å². The van der Waals surface area contributed by atoms with E-state index in [1.54, 1.807) is 33.9 Å². The SMILES string of the molecule is CC(C)S(=O)(=O)N1CCN(c2cnn(-c3ccc(F)cc3)c(=O)c2C[C@H](O)CO)CC1.CCOC[C@H](Cc1c(N2CCN(S(=O)(=O)C(C)C)CC2)cnn(-c2ccc(F)cc2)c1=O)OCC. The summed E-state index contributed by atoms with van der Waals surface area (Å²) in [6.45, 7) is 14.0. The van der Waals surface area contributed by atoms with E-state index in [-0.39, 0.29) is 36.7 Å². The number of piperazine rings is 2. The molecule has 0 saturated carbocycles. The minimum Gasteiger partial charge on any atom is -0.394 e. The lowest BCUT2D eigenvalue weighted by molar-refractivity contribution is -0.00783. The lowest BCUT2D eigenvalue weighted by Crippen LogP contribution is -2.51. The number of benzene rings is 2. The molecule has 2 aliphatic rings. The molecular weight excluding hydrogens is 903 g/mol. The number of halogens is 2. The Morgan fingerprint density at radius 2 is 1.03 bits per heavy atom. The number of aromatic nitrogens is 4. The molecule has 0 unspecified atom stereocenters. The van der Waals surface area contributed by atoms with Gasteiger partial charge in [0.1, 0.15) is 11.6 Å². The van der Waals surface area contributed by atoms with E-state index in [1.165, 1.54) is 68.0 Å². The zero-order chi connectivity index (χ0) is 48.3. The lowest BCUT2D eigenvalue weighted by atomic mass is 10.1. The van der Waals surface area contributed by atoms with Gasteiger partial charge in [0, 0.05) is 89.5 Å². The van der Waals surface area contributed by atoms with Crippen molar-refractivity contribution in [1.82, 2.24) is 28.2 Å². The second kappa shape index (κ2) is 23.4. The van der Waals surface area contributed by atoms with Gasteiger partial charge in [-0.2, -0.15) is 28.2 Å². The Morgan fingerprint density at radius 1 is 0.636 bits per heavy atom. The summed E-state index contributed by atoms with van der Waals surface area (Å²) in [5, 5.41) is 26.8. The Balaban J connectivity index is 0.000000249. The van der Waals surface area contributed by atoms with Crippen LogP contribution in [0.1, 0.15) is 52.7 Å². The number of nitrogens with zero attached hydrogens (tertiary/aromatic N) is 8. The van der Waals surface area contributed by atoms with Gasteiger partial charge in [0.25, 0.3) is 11.1 Å².